The van der Waals surface area contributed by atoms with Crippen LogP contribution in [0.1, 0.15) is 28.9 Å². The van der Waals surface area contributed by atoms with Gasteiger partial charge in [0.2, 0.25) is 10.0 Å². The summed E-state index contributed by atoms with van der Waals surface area (Å²) in [7, 11) is -0.522. The van der Waals surface area contributed by atoms with Crippen LogP contribution in [-0.2, 0) is 17.1 Å². The number of hydrogen-bond acceptors (Lipinski definition) is 5. The van der Waals surface area contributed by atoms with E-state index in [0.717, 1.165) is 5.56 Å². The molecule has 0 aliphatic carbocycles. The quantitative estimate of drug-likeness (QED) is 0.664. The highest BCUT2D eigenvalue weighted by Crippen LogP contribution is 2.33. The van der Waals surface area contributed by atoms with Crippen molar-refractivity contribution in [1.82, 2.24) is 19.0 Å². The highest BCUT2D eigenvalue weighted by molar-refractivity contribution is 7.89. The molecule has 2 aromatic heterocycles. The molecule has 0 fully saturated rings. The van der Waals surface area contributed by atoms with Crippen molar-refractivity contribution < 1.29 is 12.9 Å². The van der Waals surface area contributed by atoms with Crippen LogP contribution < -0.4 is 0 Å². The van der Waals surface area contributed by atoms with Crippen molar-refractivity contribution >= 4 is 21.6 Å². The van der Waals surface area contributed by atoms with Gasteiger partial charge < -0.3 is 9.09 Å². The van der Waals surface area contributed by atoms with E-state index in [4.69, 9.17) is 16.1 Å². The minimum Gasteiger partial charge on any atom is -0.360 e. The van der Waals surface area contributed by atoms with Gasteiger partial charge in [0.15, 0.2) is 5.76 Å². The maximum absolute atomic E-state index is 13.3. The van der Waals surface area contributed by atoms with Crippen molar-refractivity contribution in [2.45, 2.75) is 24.8 Å². The van der Waals surface area contributed by atoms with Crippen LogP contribution in [0.5, 0.6) is 0 Å². The predicted molar refractivity (Wildman–Crippen MR) is 97.4 cm³/mol. The first-order valence-corrected chi connectivity index (χ1v) is 9.69. The lowest BCUT2D eigenvalue weighted by molar-refractivity contribution is 0.385. The lowest BCUT2D eigenvalue weighted by atomic mass is 10.1. The first-order chi connectivity index (χ1) is 12.2. The summed E-state index contributed by atoms with van der Waals surface area (Å²) in [6.07, 6.45) is 3.41. The van der Waals surface area contributed by atoms with Gasteiger partial charge in [0.1, 0.15) is 22.5 Å². The Kier molecular flexibility index (Phi) is 4.92. The summed E-state index contributed by atoms with van der Waals surface area (Å²) in [5, 5.41) is 4.34. The van der Waals surface area contributed by atoms with Crippen LogP contribution in [0.4, 0.5) is 0 Å². The molecule has 3 aromatic rings. The maximum Gasteiger partial charge on any atom is 0.249 e. The number of aryl methyl sites for hydroxylation is 3. The highest BCUT2D eigenvalue weighted by Gasteiger charge is 2.36. The molecule has 0 amide bonds. The molecule has 3 rings (SSSR count). The molecule has 0 aliphatic rings. The third kappa shape index (κ3) is 3.15. The molecular weight excluding hydrogens is 376 g/mol. The van der Waals surface area contributed by atoms with E-state index in [1.165, 1.54) is 11.4 Å². The van der Waals surface area contributed by atoms with Gasteiger partial charge in [-0.15, -0.1) is 0 Å². The summed E-state index contributed by atoms with van der Waals surface area (Å²) >= 11 is 5.99. The number of sulfonamides is 1. The number of halogens is 1. The van der Waals surface area contributed by atoms with E-state index in [0.29, 0.717) is 16.5 Å². The van der Waals surface area contributed by atoms with Crippen LogP contribution in [0.2, 0.25) is 5.02 Å². The zero-order valence-electron chi connectivity index (χ0n) is 14.8. The van der Waals surface area contributed by atoms with Gasteiger partial charge in [0.25, 0.3) is 0 Å². The minimum atomic E-state index is -3.87. The molecule has 9 heteroatoms. The average molecular weight is 395 g/mol. The van der Waals surface area contributed by atoms with E-state index in [9.17, 15) is 8.42 Å². The Bertz CT molecular complexity index is 1010. The van der Waals surface area contributed by atoms with Crippen molar-refractivity contribution in [3.63, 3.8) is 0 Å². The number of hydrogen-bond donors (Lipinski definition) is 0. The second kappa shape index (κ2) is 6.86. The largest absolute Gasteiger partial charge is 0.360 e. The predicted octanol–water partition coefficient (Wildman–Crippen LogP) is 3.09. The molecule has 0 aliphatic heterocycles. The van der Waals surface area contributed by atoms with Gasteiger partial charge in [0, 0.05) is 31.5 Å². The SMILES string of the molecule is Cc1noc(C)c1S(=O)(=O)N(C)[C@@H](c1ccc(Cl)cc1)c1nccn1C. The molecule has 0 N–H and O–H groups in total. The molecule has 2 heterocycles. The summed E-state index contributed by atoms with van der Waals surface area (Å²) in [6.45, 7) is 3.19. The molecule has 0 bridgehead atoms. The second-order valence-electron chi connectivity index (χ2n) is 6.02. The third-order valence-corrected chi connectivity index (χ3v) is 6.58. The zero-order chi connectivity index (χ0) is 19.1. The zero-order valence-corrected chi connectivity index (χ0v) is 16.4. The summed E-state index contributed by atoms with van der Waals surface area (Å²) in [4.78, 5) is 4.44. The fraction of sp³-hybridized carbons (Fsp3) is 0.294. The summed E-state index contributed by atoms with van der Waals surface area (Å²) in [6, 6.07) is 6.40. The molecule has 0 unspecified atom stereocenters. The van der Waals surface area contributed by atoms with E-state index >= 15 is 0 Å². The molecule has 0 saturated heterocycles. The van der Waals surface area contributed by atoms with Gasteiger partial charge in [-0.3, -0.25) is 0 Å². The Morgan fingerprint density at radius 2 is 1.88 bits per heavy atom. The molecule has 1 atom stereocenters. The monoisotopic (exact) mass is 394 g/mol. The maximum atomic E-state index is 13.3. The van der Waals surface area contributed by atoms with E-state index in [2.05, 4.69) is 10.1 Å². The molecule has 0 radical (unpaired) electrons. The standard InChI is InChI=1S/C17H19ClN4O3S/c1-11-16(12(2)25-20-11)26(23,24)22(4)15(17-19-9-10-21(17)3)13-5-7-14(18)8-6-13/h5-10,15H,1-4H3/t15-/m0/s1. The minimum absolute atomic E-state index is 0.0770. The van der Waals surface area contributed by atoms with Gasteiger partial charge in [-0.1, -0.05) is 28.9 Å². The van der Waals surface area contributed by atoms with Crippen molar-refractivity contribution in [3.8, 4) is 0 Å². The fourth-order valence-corrected chi connectivity index (χ4v) is 4.65. The van der Waals surface area contributed by atoms with E-state index in [1.807, 2.05) is 7.05 Å². The van der Waals surface area contributed by atoms with Crippen molar-refractivity contribution in [2.24, 2.45) is 7.05 Å². The number of rotatable bonds is 5. The van der Waals surface area contributed by atoms with E-state index in [-0.39, 0.29) is 10.7 Å². The van der Waals surface area contributed by atoms with Crippen LogP contribution >= 0.6 is 11.6 Å². The van der Waals surface area contributed by atoms with Gasteiger partial charge in [-0.25, -0.2) is 13.4 Å². The number of benzene rings is 1. The Morgan fingerprint density at radius 3 is 2.38 bits per heavy atom. The van der Waals surface area contributed by atoms with Crippen LogP contribution in [0.3, 0.4) is 0 Å². The van der Waals surface area contributed by atoms with Crippen molar-refractivity contribution in [2.75, 3.05) is 7.05 Å². The third-order valence-electron chi connectivity index (χ3n) is 4.26. The molecule has 0 saturated carbocycles. The van der Waals surface area contributed by atoms with E-state index < -0.39 is 16.1 Å². The molecule has 26 heavy (non-hydrogen) atoms. The van der Waals surface area contributed by atoms with Crippen molar-refractivity contribution in [1.29, 1.82) is 0 Å². The van der Waals surface area contributed by atoms with Gasteiger partial charge in [-0.2, -0.15) is 4.31 Å². The second-order valence-corrected chi connectivity index (χ2v) is 8.40. The first-order valence-electron chi connectivity index (χ1n) is 7.87. The Labute approximate surface area is 157 Å². The smallest absolute Gasteiger partial charge is 0.249 e. The van der Waals surface area contributed by atoms with Gasteiger partial charge in [0.05, 0.1) is 0 Å². The van der Waals surface area contributed by atoms with Crippen LogP contribution in [0.15, 0.2) is 46.1 Å². The molecule has 1 aromatic carbocycles. The lowest BCUT2D eigenvalue weighted by Gasteiger charge is -2.27. The van der Waals surface area contributed by atoms with Crippen LogP contribution in [0, 0.1) is 13.8 Å². The number of imidazole rings is 1. The number of aromatic nitrogens is 3. The van der Waals surface area contributed by atoms with Crippen molar-refractivity contribution in [3.05, 3.63) is 64.5 Å². The van der Waals surface area contributed by atoms with Crippen LogP contribution in [-0.4, -0.2) is 34.5 Å². The molecule has 138 valence electrons. The summed E-state index contributed by atoms with van der Waals surface area (Å²) in [5.41, 5.74) is 1.07. The summed E-state index contributed by atoms with van der Waals surface area (Å²) < 4.78 is 34.7. The number of nitrogens with zero attached hydrogens (tertiary/aromatic N) is 4. The molecular formula is C17H19ClN4O3S. The Balaban J connectivity index is 2.16. The fourth-order valence-electron chi connectivity index (χ4n) is 2.93. The highest BCUT2D eigenvalue weighted by atomic mass is 35.5. The topological polar surface area (TPSA) is 81.2 Å². The molecule has 7 nitrogen and oxygen atoms in total. The van der Waals surface area contributed by atoms with E-state index in [1.54, 1.807) is 55.1 Å². The van der Waals surface area contributed by atoms with Gasteiger partial charge >= 0.3 is 0 Å². The normalized spacial score (nSPS) is 13.3. The van der Waals surface area contributed by atoms with Crippen LogP contribution in [0.25, 0.3) is 0 Å². The Hall–Kier alpha value is -2.16. The first kappa shape index (κ1) is 18.6. The van der Waals surface area contributed by atoms with Gasteiger partial charge in [-0.05, 0) is 31.5 Å². The molecule has 0 spiro atoms. The Morgan fingerprint density at radius 1 is 1.23 bits per heavy atom. The summed E-state index contributed by atoms with van der Waals surface area (Å²) in [5.74, 6) is 0.842. The lowest BCUT2D eigenvalue weighted by Crippen LogP contribution is -2.34. The average Bonchev–Trinajstić information content (AvgIpc) is 3.15.